The highest BCUT2D eigenvalue weighted by atomic mass is 16.5. The maximum Gasteiger partial charge on any atom is 0.237 e. The molecule has 2 unspecified atom stereocenters. The molecule has 0 bridgehead atoms. The first kappa shape index (κ1) is 15.2. The minimum Gasteiger partial charge on any atom is -0.380 e. The molecule has 2 rings (SSSR count). The molecule has 0 aliphatic carbocycles. The molecule has 2 N–H and O–H groups in total. The summed E-state index contributed by atoms with van der Waals surface area (Å²) >= 11 is 0. The maximum atomic E-state index is 11.9. The van der Waals surface area contributed by atoms with Gasteiger partial charge in [-0.2, -0.15) is 0 Å². The number of nitrogens with zero attached hydrogens (tertiary/aromatic N) is 1. The summed E-state index contributed by atoms with van der Waals surface area (Å²) in [6.45, 7) is 3.57. The lowest BCUT2D eigenvalue weighted by molar-refractivity contribution is -0.135. The van der Waals surface area contributed by atoms with Gasteiger partial charge in [0, 0.05) is 39.7 Å². The van der Waals surface area contributed by atoms with E-state index in [4.69, 9.17) is 9.47 Å². The normalized spacial score (nSPS) is 26.6. The van der Waals surface area contributed by atoms with E-state index in [1.54, 1.807) is 12.0 Å². The Morgan fingerprint density at radius 2 is 2.15 bits per heavy atom. The minimum atomic E-state index is -0.210. The molecule has 2 aliphatic rings. The van der Waals surface area contributed by atoms with Gasteiger partial charge in [-0.1, -0.05) is 0 Å². The number of hydrogen-bond donors (Lipinski definition) is 2. The molecule has 7 heteroatoms. The van der Waals surface area contributed by atoms with Crippen LogP contribution in [0.3, 0.4) is 0 Å². The van der Waals surface area contributed by atoms with E-state index in [2.05, 4.69) is 10.6 Å². The van der Waals surface area contributed by atoms with Gasteiger partial charge in [0.05, 0.1) is 25.4 Å². The molecule has 2 amide bonds. The zero-order chi connectivity index (χ0) is 14.4. The quantitative estimate of drug-likeness (QED) is 0.658. The molecule has 20 heavy (non-hydrogen) atoms. The Labute approximate surface area is 119 Å². The van der Waals surface area contributed by atoms with Crippen LogP contribution in [-0.2, 0) is 19.1 Å². The van der Waals surface area contributed by atoms with Gasteiger partial charge in [0.2, 0.25) is 11.8 Å². The van der Waals surface area contributed by atoms with Crippen LogP contribution in [-0.4, -0.2) is 75.4 Å². The predicted molar refractivity (Wildman–Crippen MR) is 72.2 cm³/mol. The van der Waals surface area contributed by atoms with Gasteiger partial charge in [-0.15, -0.1) is 0 Å². The van der Waals surface area contributed by atoms with E-state index in [1.807, 2.05) is 0 Å². The summed E-state index contributed by atoms with van der Waals surface area (Å²) in [6.07, 6.45) is 1.12. The van der Waals surface area contributed by atoms with Crippen LogP contribution in [0, 0.1) is 0 Å². The number of hydrogen-bond acceptors (Lipinski definition) is 5. The number of carbonyl (C=O) groups is 2. The fourth-order valence-electron chi connectivity index (χ4n) is 2.47. The molecule has 2 fully saturated rings. The number of rotatable bonds is 5. The van der Waals surface area contributed by atoms with Crippen LogP contribution < -0.4 is 10.6 Å². The van der Waals surface area contributed by atoms with Gasteiger partial charge in [-0.25, -0.2) is 0 Å². The van der Waals surface area contributed by atoms with Crippen LogP contribution in [0.4, 0.5) is 0 Å². The van der Waals surface area contributed by atoms with E-state index < -0.39 is 0 Å². The van der Waals surface area contributed by atoms with Crippen molar-refractivity contribution in [2.45, 2.75) is 25.0 Å². The Balaban J connectivity index is 1.62. The average molecular weight is 285 g/mol. The molecule has 0 aromatic rings. The van der Waals surface area contributed by atoms with Crippen LogP contribution in [0.2, 0.25) is 0 Å². The van der Waals surface area contributed by atoms with E-state index in [-0.39, 0.29) is 24.0 Å². The molecule has 0 radical (unpaired) electrons. The van der Waals surface area contributed by atoms with Crippen molar-refractivity contribution in [3.8, 4) is 0 Å². The highest BCUT2D eigenvalue weighted by Gasteiger charge is 2.29. The lowest BCUT2D eigenvalue weighted by Crippen LogP contribution is -2.44. The van der Waals surface area contributed by atoms with Gasteiger partial charge in [0.1, 0.15) is 0 Å². The number of carbonyl (C=O) groups excluding carboxylic acids is 2. The molecule has 114 valence electrons. The first-order valence-electron chi connectivity index (χ1n) is 7.10. The van der Waals surface area contributed by atoms with Crippen molar-refractivity contribution in [3.05, 3.63) is 0 Å². The van der Waals surface area contributed by atoms with Crippen molar-refractivity contribution in [2.75, 3.05) is 46.5 Å². The number of nitrogens with one attached hydrogen (secondary N) is 2. The van der Waals surface area contributed by atoms with Crippen molar-refractivity contribution in [1.29, 1.82) is 0 Å². The second kappa shape index (κ2) is 7.56. The lowest BCUT2D eigenvalue weighted by Gasteiger charge is -2.26. The van der Waals surface area contributed by atoms with E-state index >= 15 is 0 Å². The van der Waals surface area contributed by atoms with Crippen LogP contribution >= 0.6 is 0 Å². The summed E-state index contributed by atoms with van der Waals surface area (Å²) < 4.78 is 10.4. The van der Waals surface area contributed by atoms with E-state index in [0.717, 1.165) is 0 Å². The molecule has 7 nitrogen and oxygen atoms in total. The van der Waals surface area contributed by atoms with Crippen molar-refractivity contribution in [2.24, 2.45) is 0 Å². The van der Waals surface area contributed by atoms with E-state index in [0.29, 0.717) is 52.2 Å². The number of morpholine rings is 1. The van der Waals surface area contributed by atoms with Crippen LogP contribution in [0.15, 0.2) is 0 Å². The second-order valence-electron chi connectivity index (χ2n) is 5.09. The highest BCUT2D eigenvalue weighted by molar-refractivity contribution is 5.83. The first-order valence-corrected chi connectivity index (χ1v) is 7.10. The summed E-state index contributed by atoms with van der Waals surface area (Å²) in [6, 6.07) is -0.210. The van der Waals surface area contributed by atoms with Crippen molar-refractivity contribution in [3.63, 3.8) is 0 Å². The molecule has 2 aliphatic heterocycles. The highest BCUT2D eigenvalue weighted by Crippen LogP contribution is 2.09. The van der Waals surface area contributed by atoms with Crippen molar-refractivity contribution >= 4 is 11.8 Å². The molecule has 0 saturated carbocycles. The molecule has 0 aromatic heterocycles. The maximum absolute atomic E-state index is 11.9. The molecule has 2 saturated heterocycles. The number of methoxy groups -OCH3 is 1. The summed E-state index contributed by atoms with van der Waals surface area (Å²) in [5.74, 6) is 0.0158. The van der Waals surface area contributed by atoms with Gasteiger partial charge in [0.15, 0.2) is 0 Å². The zero-order valence-electron chi connectivity index (χ0n) is 11.9. The molecule has 2 atom stereocenters. The Bertz CT molecular complexity index is 345. The Morgan fingerprint density at radius 1 is 1.40 bits per heavy atom. The number of amides is 2. The van der Waals surface area contributed by atoms with E-state index in [1.165, 1.54) is 0 Å². The second-order valence-corrected chi connectivity index (χ2v) is 5.09. The largest absolute Gasteiger partial charge is 0.380 e. The Morgan fingerprint density at radius 3 is 2.80 bits per heavy atom. The van der Waals surface area contributed by atoms with Crippen LogP contribution in [0.25, 0.3) is 0 Å². The fraction of sp³-hybridized carbons (Fsp3) is 0.846. The van der Waals surface area contributed by atoms with Crippen molar-refractivity contribution in [1.82, 2.24) is 15.5 Å². The summed E-state index contributed by atoms with van der Waals surface area (Å²) in [5.41, 5.74) is 0. The van der Waals surface area contributed by atoms with Crippen molar-refractivity contribution < 1.29 is 19.1 Å². The average Bonchev–Trinajstić information content (AvgIpc) is 2.97. The zero-order valence-corrected chi connectivity index (χ0v) is 11.9. The summed E-state index contributed by atoms with van der Waals surface area (Å²) in [7, 11) is 1.65. The summed E-state index contributed by atoms with van der Waals surface area (Å²) in [5, 5.41) is 5.91. The first-order chi connectivity index (χ1) is 9.70. The SMILES string of the molecule is COC1CNC(C(=O)NCCC(=O)N2CCOCC2)C1. The monoisotopic (exact) mass is 285 g/mol. The van der Waals surface area contributed by atoms with Gasteiger partial charge in [-0.3, -0.25) is 9.59 Å². The van der Waals surface area contributed by atoms with Crippen LogP contribution in [0.1, 0.15) is 12.8 Å². The predicted octanol–water partition coefficient (Wildman–Crippen LogP) is -1.27. The van der Waals surface area contributed by atoms with Gasteiger partial charge in [0.25, 0.3) is 0 Å². The smallest absolute Gasteiger partial charge is 0.237 e. The van der Waals surface area contributed by atoms with Gasteiger partial charge in [-0.05, 0) is 6.42 Å². The molecular formula is C13H23N3O4. The third-order valence-corrected chi connectivity index (χ3v) is 3.74. The topological polar surface area (TPSA) is 79.9 Å². The molecule has 0 spiro atoms. The third-order valence-electron chi connectivity index (χ3n) is 3.74. The Hall–Kier alpha value is -1.18. The number of ether oxygens (including phenoxy) is 2. The molecule has 0 aromatic carbocycles. The minimum absolute atomic E-state index is 0.0562. The molecule has 2 heterocycles. The van der Waals surface area contributed by atoms with Gasteiger partial charge >= 0.3 is 0 Å². The van der Waals surface area contributed by atoms with E-state index in [9.17, 15) is 9.59 Å². The third kappa shape index (κ3) is 4.16. The fourth-order valence-corrected chi connectivity index (χ4v) is 2.47. The molecular weight excluding hydrogens is 262 g/mol. The lowest BCUT2D eigenvalue weighted by atomic mass is 10.2. The Kier molecular flexibility index (Phi) is 5.75. The standard InChI is InChI=1S/C13H23N3O4/c1-19-10-8-11(15-9-10)13(18)14-3-2-12(17)16-4-6-20-7-5-16/h10-11,15H,2-9H2,1H3,(H,14,18). The van der Waals surface area contributed by atoms with Gasteiger partial charge < -0.3 is 25.0 Å². The summed E-state index contributed by atoms with van der Waals surface area (Å²) in [4.78, 5) is 25.6. The van der Waals surface area contributed by atoms with Crippen LogP contribution in [0.5, 0.6) is 0 Å².